The van der Waals surface area contributed by atoms with E-state index in [1.807, 2.05) is 6.92 Å². The summed E-state index contributed by atoms with van der Waals surface area (Å²) in [6.07, 6.45) is 1.53. The van der Waals surface area contributed by atoms with E-state index in [0.717, 1.165) is 5.69 Å². The van der Waals surface area contributed by atoms with Gasteiger partial charge in [0, 0.05) is 22.5 Å². The average Bonchev–Trinajstić information content (AvgIpc) is 2.47. The van der Waals surface area contributed by atoms with Crippen molar-refractivity contribution < 1.29 is 4.79 Å². The Bertz CT molecular complexity index is 715. The van der Waals surface area contributed by atoms with Crippen LogP contribution in [0.2, 0.25) is 5.02 Å². The van der Waals surface area contributed by atoms with Gasteiger partial charge in [-0.3, -0.25) is 9.78 Å². The first-order chi connectivity index (χ1) is 10.1. The lowest BCUT2D eigenvalue weighted by atomic mass is 10.1. The van der Waals surface area contributed by atoms with Crippen LogP contribution in [-0.4, -0.2) is 17.4 Å². The Balaban J connectivity index is 2.27. The number of halogens is 1. The van der Waals surface area contributed by atoms with Gasteiger partial charge in [-0.1, -0.05) is 23.4 Å². The van der Waals surface area contributed by atoms with E-state index >= 15 is 0 Å². The molecule has 0 aliphatic carbocycles. The molecule has 0 radical (unpaired) electrons. The smallest absolute Gasteiger partial charge is 0.257 e. The van der Waals surface area contributed by atoms with Gasteiger partial charge < -0.3 is 11.1 Å². The minimum Gasteiger partial charge on any atom is -0.321 e. The van der Waals surface area contributed by atoms with Crippen LogP contribution in [0, 0.1) is 18.8 Å². The summed E-state index contributed by atoms with van der Waals surface area (Å²) < 4.78 is 0. The van der Waals surface area contributed by atoms with E-state index in [0.29, 0.717) is 21.8 Å². The molecule has 0 spiro atoms. The molecule has 21 heavy (non-hydrogen) atoms. The lowest BCUT2D eigenvalue weighted by Crippen LogP contribution is -2.13. The van der Waals surface area contributed by atoms with Gasteiger partial charge in [0.1, 0.15) is 0 Å². The molecule has 0 saturated carbocycles. The van der Waals surface area contributed by atoms with E-state index < -0.39 is 0 Å². The number of nitrogens with one attached hydrogen (secondary N) is 1. The maximum Gasteiger partial charge on any atom is 0.257 e. The van der Waals surface area contributed by atoms with Crippen molar-refractivity contribution in [1.29, 1.82) is 0 Å². The van der Waals surface area contributed by atoms with Gasteiger partial charge in [-0.05, 0) is 37.3 Å². The minimum absolute atomic E-state index is 0.248. The topological polar surface area (TPSA) is 68.0 Å². The molecule has 0 aliphatic rings. The van der Waals surface area contributed by atoms with Crippen LogP contribution in [0.5, 0.6) is 0 Å². The van der Waals surface area contributed by atoms with Gasteiger partial charge in [0.15, 0.2) is 0 Å². The molecular weight excluding hydrogens is 286 g/mol. The van der Waals surface area contributed by atoms with Crippen molar-refractivity contribution in [2.45, 2.75) is 6.92 Å². The number of nitrogens with two attached hydrogens (primary N) is 1. The average molecular weight is 300 g/mol. The molecule has 5 heteroatoms. The number of nitrogens with zero attached hydrogens (tertiary/aromatic N) is 1. The van der Waals surface area contributed by atoms with Gasteiger partial charge in [0.05, 0.1) is 17.8 Å². The van der Waals surface area contributed by atoms with Gasteiger partial charge >= 0.3 is 0 Å². The third kappa shape index (κ3) is 4.06. The number of aryl methyl sites for hydroxylation is 1. The normalized spacial score (nSPS) is 9.67. The predicted molar refractivity (Wildman–Crippen MR) is 84.3 cm³/mol. The van der Waals surface area contributed by atoms with Gasteiger partial charge in [0.25, 0.3) is 5.91 Å². The summed E-state index contributed by atoms with van der Waals surface area (Å²) in [5, 5.41) is 3.31. The molecule has 3 N–H and O–H groups in total. The quantitative estimate of drug-likeness (QED) is 0.838. The molecule has 106 valence electrons. The van der Waals surface area contributed by atoms with Crippen molar-refractivity contribution in [1.82, 2.24) is 4.98 Å². The summed E-state index contributed by atoms with van der Waals surface area (Å²) in [5.74, 6) is 5.39. The molecule has 1 aromatic heterocycles. The minimum atomic E-state index is -0.263. The molecule has 0 bridgehead atoms. The van der Waals surface area contributed by atoms with E-state index in [9.17, 15) is 4.79 Å². The Kier molecular flexibility index (Phi) is 4.94. The van der Waals surface area contributed by atoms with E-state index in [1.54, 1.807) is 30.3 Å². The lowest BCUT2D eigenvalue weighted by molar-refractivity contribution is 0.102. The molecule has 1 heterocycles. The highest BCUT2D eigenvalue weighted by Gasteiger charge is 2.09. The van der Waals surface area contributed by atoms with Crippen molar-refractivity contribution in [3.63, 3.8) is 0 Å². The standard InChI is InChI=1S/C16H14ClN3O/c1-11-4-5-13(10-19-11)16(21)20-15-9-14(17)7-6-12(15)3-2-8-18/h4-7,9-10H,8,18H2,1H3,(H,20,21). The lowest BCUT2D eigenvalue weighted by Gasteiger charge is -2.08. The van der Waals surface area contributed by atoms with Crippen LogP contribution in [0.3, 0.4) is 0 Å². The molecule has 4 nitrogen and oxygen atoms in total. The summed E-state index contributed by atoms with van der Waals surface area (Å²) >= 11 is 5.96. The highest BCUT2D eigenvalue weighted by molar-refractivity contribution is 6.31. The number of amides is 1. The Morgan fingerprint density at radius 1 is 1.38 bits per heavy atom. The second-order valence-electron chi connectivity index (χ2n) is 4.34. The molecule has 1 amide bonds. The number of hydrogen-bond acceptors (Lipinski definition) is 3. The zero-order valence-electron chi connectivity index (χ0n) is 11.5. The zero-order chi connectivity index (χ0) is 15.2. The number of carbonyl (C=O) groups excluding carboxylic acids is 1. The van der Waals surface area contributed by atoms with E-state index in [2.05, 4.69) is 22.1 Å². The number of carbonyl (C=O) groups is 1. The van der Waals surface area contributed by atoms with Crippen molar-refractivity contribution in [3.05, 3.63) is 58.4 Å². The summed E-state index contributed by atoms with van der Waals surface area (Å²) in [7, 11) is 0. The van der Waals surface area contributed by atoms with Crippen molar-refractivity contribution in [2.24, 2.45) is 5.73 Å². The zero-order valence-corrected chi connectivity index (χ0v) is 12.2. The molecular formula is C16H14ClN3O. The fourth-order valence-electron chi connectivity index (χ4n) is 1.67. The van der Waals surface area contributed by atoms with Crippen LogP contribution in [0.15, 0.2) is 36.5 Å². The molecule has 0 fully saturated rings. The van der Waals surface area contributed by atoms with Gasteiger partial charge in [-0.2, -0.15) is 0 Å². The van der Waals surface area contributed by atoms with Gasteiger partial charge in [-0.25, -0.2) is 0 Å². The fraction of sp³-hybridized carbons (Fsp3) is 0.125. The third-order valence-corrected chi connectivity index (χ3v) is 2.96. The van der Waals surface area contributed by atoms with Crippen molar-refractivity contribution >= 4 is 23.2 Å². The summed E-state index contributed by atoms with van der Waals surface area (Å²) in [5.41, 5.74) is 7.90. The Labute approximate surface area is 128 Å². The first-order valence-corrected chi connectivity index (χ1v) is 6.70. The number of anilines is 1. The van der Waals surface area contributed by atoms with Crippen LogP contribution in [0.4, 0.5) is 5.69 Å². The fourth-order valence-corrected chi connectivity index (χ4v) is 1.84. The van der Waals surface area contributed by atoms with Crippen LogP contribution in [-0.2, 0) is 0 Å². The van der Waals surface area contributed by atoms with Crippen LogP contribution in [0.1, 0.15) is 21.6 Å². The largest absolute Gasteiger partial charge is 0.321 e. The van der Waals surface area contributed by atoms with Crippen molar-refractivity contribution in [2.75, 3.05) is 11.9 Å². The molecule has 0 aliphatic heterocycles. The Hall–Kier alpha value is -2.35. The summed E-state index contributed by atoms with van der Waals surface area (Å²) in [6, 6.07) is 8.61. The van der Waals surface area contributed by atoms with E-state index in [-0.39, 0.29) is 12.5 Å². The molecule has 0 saturated heterocycles. The number of benzene rings is 1. The van der Waals surface area contributed by atoms with E-state index in [1.165, 1.54) is 6.20 Å². The van der Waals surface area contributed by atoms with Crippen LogP contribution < -0.4 is 11.1 Å². The van der Waals surface area contributed by atoms with Crippen molar-refractivity contribution in [3.8, 4) is 11.8 Å². The molecule has 1 aromatic carbocycles. The second kappa shape index (κ2) is 6.89. The summed E-state index contributed by atoms with van der Waals surface area (Å²) in [6.45, 7) is 2.11. The summed E-state index contributed by atoms with van der Waals surface area (Å²) in [4.78, 5) is 16.3. The highest BCUT2D eigenvalue weighted by atomic mass is 35.5. The number of hydrogen-bond donors (Lipinski definition) is 2. The Morgan fingerprint density at radius 2 is 2.19 bits per heavy atom. The monoisotopic (exact) mass is 299 g/mol. The maximum atomic E-state index is 12.2. The van der Waals surface area contributed by atoms with Crippen LogP contribution >= 0.6 is 11.6 Å². The first kappa shape index (κ1) is 15.0. The molecule has 0 unspecified atom stereocenters. The molecule has 0 atom stereocenters. The Morgan fingerprint density at radius 3 is 2.86 bits per heavy atom. The first-order valence-electron chi connectivity index (χ1n) is 6.32. The van der Waals surface area contributed by atoms with E-state index in [4.69, 9.17) is 17.3 Å². The molecule has 2 aromatic rings. The molecule has 2 rings (SSSR count). The second-order valence-corrected chi connectivity index (χ2v) is 4.77. The SMILES string of the molecule is Cc1ccc(C(=O)Nc2cc(Cl)ccc2C#CCN)cn1. The van der Waals surface area contributed by atoms with Gasteiger partial charge in [0.2, 0.25) is 0 Å². The third-order valence-electron chi connectivity index (χ3n) is 2.73. The van der Waals surface area contributed by atoms with Crippen LogP contribution in [0.25, 0.3) is 0 Å². The predicted octanol–water partition coefficient (Wildman–Crippen LogP) is 2.61. The number of aromatic nitrogens is 1. The number of pyridine rings is 1. The number of rotatable bonds is 2. The highest BCUT2D eigenvalue weighted by Crippen LogP contribution is 2.21. The van der Waals surface area contributed by atoms with Gasteiger partial charge in [-0.15, -0.1) is 0 Å². The maximum absolute atomic E-state index is 12.2.